The van der Waals surface area contributed by atoms with Crippen LogP contribution in [0.4, 0.5) is 18.0 Å². The lowest BCUT2D eigenvalue weighted by atomic mass is 10.1. The molecule has 1 amide bonds. The molecule has 23 heavy (non-hydrogen) atoms. The van der Waals surface area contributed by atoms with Crippen LogP contribution in [0.2, 0.25) is 0 Å². The molecule has 1 aromatic carbocycles. The first-order valence-corrected chi connectivity index (χ1v) is 7.45. The zero-order valence-corrected chi connectivity index (χ0v) is 13.4. The SMILES string of the molecule is CC(C)(C)OC(=O)N1CCCC(Oc2cc(F)c(F)cc2F)C1. The lowest BCUT2D eigenvalue weighted by Crippen LogP contribution is -2.46. The number of benzene rings is 1. The van der Waals surface area contributed by atoms with Crippen molar-refractivity contribution in [2.45, 2.75) is 45.3 Å². The minimum atomic E-state index is -1.27. The van der Waals surface area contributed by atoms with Gasteiger partial charge in [-0.25, -0.2) is 18.0 Å². The van der Waals surface area contributed by atoms with E-state index >= 15 is 0 Å². The Bertz CT molecular complexity index is 587. The zero-order valence-electron chi connectivity index (χ0n) is 13.4. The van der Waals surface area contributed by atoms with E-state index in [1.807, 2.05) is 0 Å². The molecule has 1 heterocycles. The van der Waals surface area contributed by atoms with Crippen molar-refractivity contribution in [1.82, 2.24) is 4.90 Å². The number of ether oxygens (including phenoxy) is 2. The van der Waals surface area contributed by atoms with E-state index in [1.165, 1.54) is 4.90 Å². The van der Waals surface area contributed by atoms with E-state index in [0.29, 0.717) is 31.5 Å². The summed E-state index contributed by atoms with van der Waals surface area (Å²) in [7, 11) is 0. The molecule has 2 rings (SSSR count). The first-order chi connectivity index (χ1) is 10.7. The van der Waals surface area contributed by atoms with Crippen molar-refractivity contribution >= 4 is 6.09 Å². The van der Waals surface area contributed by atoms with Gasteiger partial charge in [0, 0.05) is 18.7 Å². The second-order valence-corrected chi connectivity index (χ2v) is 6.51. The van der Waals surface area contributed by atoms with Gasteiger partial charge < -0.3 is 14.4 Å². The molecule has 7 heteroatoms. The topological polar surface area (TPSA) is 38.8 Å². The Labute approximate surface area is 133 Å². The lowest BCUT2D eigenvalue weighted by molar-refractivity contribution is 0.00730. The molecule has 1 unspecified atom stereocenters. The van der Waals surface area contributed by atoms with Crippen molar-refractivity contribution < 1.29 is 27.4 Å². The van der Waals surface area contributed by atoms with Crippen LogP contribution in [0.25, 0.3) is 0 Å². The number of hydrogen-bond acceptors (Lipinski definition) is 3. The van der Waals surface area contributed by atoms with E-state index in [2.05, 4.69) is 0 Å². The van der Waals surface area contributed by atoms with Crippen LogP contribution in [0.15, 0.2) is 12.1 Å². The summed E-state index contributed by atoms with van der Waals surface area (Å²) in [6, 6.07) is 1.12. The highest BCUT2D eigenvalue weighted by molar-refractivity contribution is 5.68. The average Bonchev–Trinajstić information content (AvgIpc) is 2.43. The van der Waals surface area contributed by atoms with E-state index in [4.69, 9.17) is 9.47 Å². The van der Waals surface area contributed by atoms with Crippen LogP contribution in [0.3, 0.4) is 0 Å². The predicted octanol–water partition coefficient (Wildman–Crippen LogP) is 3.88. The summed E-state index contributed by atoms with van der Waals surface area (Å²) in [5.74, 6) is -3.78. The van der Waals surface area contributed by atoms with Crippen LogP contribution in [0, 0.1) is 17.5 Å². The van der Waals surface area contributed by atoms with Crippen molar-refractivity contribution in [3.8, 4) is 5.75 Å². The summed E-state index contributed by atoms with van der Waals surface area (Å²) >= 11 is 0. The quantitative estimate of drug-likeness (QED) is 0.772. The molecule has 0 aromatic heterocycles. The minimum absolute atomic E-state index is 0.202. The third-order valence-electron chi connectivity index (χ3n) is 3.30. The summed E-state index contributed by atoms with van der Waals surface area (Å²) in [5.41, 5.74) is -0.614. The van der Waals surface area contributed by atoms with Crippen LogP contribution in [0.5, 0.6) is 5.75 Å². The number of nitrogens with zero attached hydrogens (tertiary/aromatic N) is 1. The third kappa shape index (κ3) is 4.77. The highest BCUT2D eigenvalue weighted by atomic mass is 19.2. The highest BCUT2D eigenvalue weighted by Crippen LogP contribution is 2.25. The second-order valence-electron chi connectivity index (χ2n) is 6.51. The Balaban J connectivity index is 2.02. The molecule has 0 spiro atoms. The number of halogens is 3. The van der Waals surface area contributed by atoms with Gasteiger partial charge in [0.15, 0.2) is 23.2 Å². The van der Waals surface area contributed by atoms with Gasteiger partial charge in [0.25, 0.3) is 0 Å². The Morgan fingerprint density at radius 1 is 1.17 bits per heavy atom. The summed E-state index contributed by atoms with van der Waals surface area (Å²) in [5, 5.41) is 0. The van der Waals surface area contributed by atoms with Gasteiger partial charge >= 0.3 is 6.09 Å². The first-order valence-electron chi connectivity index (χ1n) is 7.45. The van der Waals surface area contributed by atoms with Gasteiger partial charge in [-0.3, -0.25) is 0 Å². The van der Waals surface area contributed by atoms with Gasteiger partial charge in [-0.1, -0.05) is 0 Å². The largest absolute Gasteiger partial charge is 0.485 e. The molecular weight excluding hydrogens is 311 g/mol. The summed E-state index contributed by atoms with van der Waals surface area (Å²) in [6.07, 6.45) is 0.250. The Morgan fingerprint density at radius 2 is 1.83 bits per heavy atom. The lowest BCUT2D eigenvalue weighted by Gasteiger charge is -2.34. The zero-order chi connectivity index (χ0) is 17.2. The molecule has 128 valence electrons. The van der Waals surface area contributed by atoms with Crippen LogP contribution in [0.1, 0.15) is 33.6 Å². The number of piperidine rings is 1. The number of rotatable bonds is 2. The molecule has 1 fully saturated rings. The average molecular weight is 331 g/mol. The van der Waals surface area contributed by atoms with Crippen LogP contribution in [-0.4, -0.2) is 35.8 Å². The van der Waals surface area contributed by atoms with Gasteiger partial charge in [-0.2, -0.15) is 0 Å². The molecule has 0 radical (unpaired) electrons. The summed E-state index contributed by atoms with van der Waals surface area (Å²) in [4.78, 5) is 13.5. The van der Waals surface area contributed by atoms with Crippen molar-refractivity contribution in [3.05, 3.63) is 29.6 Å². The van der Waals surface area contributed by atoms with E-state index in [9.17, 15) is 18.0 Å². The highest BCUT2D eigenvalue weighted by Gasteiger charge is 2.29. The third-order valence-corrected chi connectivity index (χ3v) is 3.30. The maximum Gasteiger partial charge on any atom is 0.410 e. The normalized spacial score (nSPS) is 18.7. The molecule has 4 nitrogen and oxygen atoms in total. The van der Waals surface area contributed by atoms with Gasteiger partial charge in [0.1, 0.15) is 11.7 Å². The first kappa shape index (κ1) is 17.4. The maximum absolute atomic E-state index is 13.6. The fourth-order valence-corrected chi connectivity index (χ4v) is 2.30. The van der Waals surface area contributed by atoms with Crippen LogP contribution < -0.4 is 4.74 Å². The fourth-order valence-electron chi connectivity index (χ4n) is 2.30. The summed E-state index contributed by atoms with van der Waals surface area (Å²) < 4.78 is 50.4. The van der Waals surface area contributed by atoms with Crippen molar-refractivity contribution in [2.75, 3.05) is 13.1 Å². The molecular formula is C16H20F3NO3. The fraction of sp³-hybridized carbons (Fsp3) is 0.562. The maximum atomic E-state index is 13.6. The van der Waals surface area contributed by atoms with Gasteiger partial charge in [-0.05, 0) is 33.6 Å². The molecule has 0 bridgehead atoms. The van der Waals surface area contributed by atoms with Gasteiger partial charge in [-0.15, -0.1) is 0 Å². The standard InChI is InChI=1S/C16H20F3NO3/c1-16(2,3)23-15(21)20-6-4-5-10(9-20)22-14-8-12(18)11(17)7-13(14)19/h7-8,10H,4-6,9H2,1-3H3. The van der Waals surface area contributed by atoms with E-state index in [0.717, 1.165) is 0 Å². The molecule has 1 aromatic rings. The Hall–Kier alpha value is -1.92. The van der Waals surface area contributed by atoms with Gasteiger partial charge in [0.05, 0.1) is 6.54 Å². The molecule has 1 atom stereocenters. The van der Waals surface area contributed by atoms with Crippen molar-refractivity contribution in [1.29, 1.82) is 0 Å². The monoisotopic (exact) mass is 331 g/mol. The minimum Gasteiger partial charge on any atom is -0.485 e. The molecule has 1 aliphatic heterocycles. The predicted molar refractivity (Wildman–Crippen MR) is 77.8 cm³/mol. The number of amides is 1. The second kappa shape index (κ2) is 6.68. The molecule has 0 N–H and O–H groups in total. The van der Waals surface area contributed by atoms with E-state index in [1.54, 1.807) is 20.8 Å². The van der Waals surface area contributed by atoms with E-state index in [-0.39, 0.29) is 12.3 Å². The Morgan fingerprint density at radius 3 is 2.48 bits per heavy atom. The van der Waals surface area contributed by atoms with Crippen LogP contribution in [-0.2, 0) is 4.74 Å². The Kier molecular flexibility index (Phi) is 5.06. The molecule has 0 aliphatic carbocycles. The number of carbonyl (C=O) groups excluding carboxylic acids is 1. The van der Waals surface area contributed by atoms with Gasteiger partial charge in [0.2, 0.25) is 0 Å². The number of carbonyl (C=O) groups is 1. The smallest absolute Gasteiger partial charge is 0.410 e. The number of hydrogen-bond donors (Lipinski definition) is 0. The van der Waals surface area contributed by atoms with Crippen molar-refractivity contribution in [3.63, 3.8) is 0 Å². The number of likely N-dealkylation sites (tertiary alicyclic amines) is 1. The molecule has 1 saturated heterocycles. The molecule has 0 saturated carbocycles. The van der Waals surface area contributed by atoms with Crippen molar-refractivity contribution in [2.24, 2.45) is 0 Å². The molecule has 1 aliphatic rings. The van der Waals surface area contributed by atoms with Crippen LogP contribution >= 0.6 is 0 Å². The van der Waals surface area contributed by atoms with E-state index < -0.39 is 35.2 Å². The summed E-state index contributed by atoms with van der Waals surface area (Å²) in [6.45, 7) is 6.00.